The van der Waals surface area contributed by atoms with E-state index >= 15 is 0 Å². The monoisotopic (exact) mass is 602 g/mol. The Morgan fingerprint density at radius 1 is 0.884 bits per heavy atom. The lowest BCUT2D eigenvalue weighted by Crippen LogP contribution is -2.48. The molecule has 43 heavy (non-hydrogen) atoms. The highest BCUT2D eigenvalue weighted by Gasteiger charge is 2.37. The van der Waals surface area contributed by atoms with E-state index in [1.165, 1.54) is 6.92 Å². The lowest BCUT2D eigenvalue weighted by molar-refractivity contribution is -0.129. The van der Waals surface area contributed by atoms with Gasteiger partial charge in [0, 0.05) is 48.9 Å². The van der Waals surface area contributed by atoms with Gasteiger partial charge in [-0.3, -0.25) is 18.9 Å². The molecule has 0 aliphatic rings. The number of nitrogens with one attached hydrogen (secondary N) is 3. The number of H-pyrrole nitrogens is 1. The molecule has 0 aliphatic heterocycles. The van der Waals surface area contributed by atoms with Gasteiger partial charge in [-0.25, -0.2) is 0 Å². The Hall–Kier alpha value is -4.20. The lowest BCUT2D eigenvalue weighted by Gasteiger charge is -2.28. The van der Waals surface area contributed by atoms with Gasteiger partial charge in [-0.2, -0.15) is 0 Å². The second-order valence-electron chi connectivity index (χ2n) is 10.9. The predicted octanol–water partition coefficient (Wildman–Crippen LogP) is 4.29. The molecule has 0 saturated heterocycles. The molecule has 4 rings (SSSR count). The van der Waals surface area contributed by atoms with Crippen molar-refractivity contribution in [3.63, 3.8) is 0 Å². The summed E-state index contributed by atoms with van der Waals surface area (Å²) in [6.07, 6.45) is 3.29. The summed E-state index contributed by atoms with van der Waals surface area (Å²) in [5.41, 5.74) is 9.31. The van der Waals surface area contributed by atoms with E-state index in [-0.39, 0.29) is 19.0 Å². The summed E-state index contributed by atoms with van der Waals surface area (Å²) in [5, 5.41) is 6.33. The second-order valence-corrected chi connectivity index (χ2v) is 13.4. The van der Waals surface area contributed by atoms with E-state index in [9.17, 15) is 23.8 Å². The fourth-order valence-corrected chi connectivity index (χ4v) is 7.46. The SMILES string of the molecule is CC(=O)NC(Cc1ccccc1)P(=O)(O)CC(CCCc1ccccc1)C(=O)N[C@@H](Cc1c[nH]c2ccccc12)C(N)=O. The van der Waals surface area contributed by atoms with Gasteiger partial charge in [0.05, 0.1) is 0 Å². The molecule has 1 heterocycles. The molecule has 1 aromatic heterocycles. The Morgan fingerprint density at radius 3 is 2.16 bits per heavy atom. The van der Waals surface area contributed by atoms with E-state index in [1.54, 1.807) is 6.20 Å². The Bertz CT molecular complexity index is 1570. The van der Waals surface area contributed by atoms with Crippen LogP contribution >= 0.6 is 7.37 Å². The topological polar surface area (TPSA) is 154 Å². The molecule has 0 fully saturated rings. The zero-order chi connectivity index (χ0) is 30.8. The van der Waals surface area contributed by atoms with Gasteiger partial charge >= 0.3 is 0 Å². The van der Waals surface area contributed by atoms with Crippen molar-refractivity contribution in [3.05, 3.63) is 108 Å². The average molecular weight is 603 g/mol. The maximum atomic E-state index is 13.9. The van der Waals surface area contributed by atoms with Crippen molar-refractivity contribution in [1.82, 2.24) is 15.6 Å². The highest BCUT2D eigenvalue weighted by atomic mass is 31.2. The molecular weight excluding hydrogens is 563 g/mol. The minimum absolute atomic E-state index is 0.136. The minimum atomic E-state index is -4.11. The molecule has 10 heteroatoms. The molecular formula is C33H39N4O5P. The number of carbonyl (C=O) groups is 3. The number of primary amides is 1. The average Bonchev–Trinajstić information content (AvgIpc) is 3.39. The van der Waals surface area contributed by atoms with Gasteiger partial charge in [-0.1, -0.05) is 78.9 Å². The lowest BCUT2D eigenvalue weighted by atomic mass is 9.98. The quantitative estimate of drug-likeness (QED) is 0.128. The molecule has 0 saturated carbocycles. The minimum Gasteiger partial charge on any atom is -0.368 e. The number of carbonyl (C=O) groups excluding carboxylic acids is 3. The Morgan fingerprint density at radius 2 is 1.51 bits per heavy atom. The van der Waals surface area contributed by atoms with Gasteiger partial charge in [-0.05, 0) is 42.0 Å². The summed E-state index contributed by atoms with van der Waals surface area (Å²) in [6.45, 7) is 1.30. The zero-order valence-corrected chi connectivity index (χ0v) is 25.1. The van der Waals surface area contributed by atoms with Crippen LogP contribution in [0.2, 0.25) is 0 Å². The first kappa shape index (κ1) is 31.7. The number of hydrogen-bond donors (Lipinski definition) is 5. The molecule has 3 aromatic carbocycles. The normalized spacial score (nSPS) is 14.7. The van der Waals surface area contributed by atoms with Crippen molar-refractivity contribution >= 4 is 36.0 Å². The number of aromatic nitrogens is 1. The molecule has 0 radical (unpaired) electrons. The van der Waals surface area contributed by atoms with E-state index < -0.39 is 42.8 Å². The van der Waals surface area contributed by atoms with E-state index in [2.05, 4.69) is 15.6 Å². The van der Waals surface area contributed by atoms with Crippen LogP contribution in [-0.4, -0.2) is 45.6 Å². The number of rotatable bonds is 15. The smallest absolute Gasteiger partial charge is 0.240 e. The fraction of sp³-hybridized carbons (Fsp3) is 0.303. The summed E-state index contributed by atoms with van der Waals surface area (Å²) in [4.78, 5) is 52.8. The Balaban J connectivity index is 1.54. The number of nitrogens with two attached hydrogens (primary N) is 1. The Kier molecular flexibility index (Phi) is 10.9. The van der Waals surface area contributed by atoms with Gasteiger partial charge in [0.2, 0.25) is 25.1 Å². The number of aryl methyl sites for hydroxylation is 1. The zero-order valence-electron chi connectivity index (χ0n) is 24.2. The predicted molar refractivity (Wildman–Crippen MR) is 168 cm³/mol. The summed E-state index contributed by atoms with van der Waals surface area (Å²) < 4.78 is 13.9. The van der Waals surface area contributed by atoms with Crippen LogP contribution in [0.5, 0.6) is 0 Å². The third-order valence-corrected chi connectivity index (χ3v) is 9.85. The van der Waals surface area contributed by atoms with Gasteiger partial charge in [0.15, 0.2) is 0 Å². The van der Waals surface area contributed by atoms with Crippen molar-refractivity contribution in [2.75, 3.05) is 6.16 Å². The molecule has 3 unspecified atom stereocenters. The maximum Gasteiger partial charge on any atom is 0.240 e. The van der Waals surface area contributed by atoms with Crippen LogP contribution in [0, 0.1) is 5.92 Å². The van der Waals surface area contributed by atoms with Crippen LogP contribution in [-0.2, 0) is 38.2 Å². The van der Waals surface area contributed by atoms with Crippen molar-refractivity contribution < 1.29 is 23.8 Å². The summed E-state index contributed by atoms with van der Waals surface area (Å²) in [5.74, 6) is -3.62. The third-order valence-electron chi connectivity index (χ3n) is 7.60. The highest BCUT2D eigenvalue weighted by molar-refractivity contribution is 7.58. The molecule has 4 atom stereocenters. The summed E-state index contributed by atoms with van der Waals surface area (Å²) >= 11 is 0. The van der Waals surface area contributed by atoms with Gasteiger partial charge < -0.3 is 26.2 Å². The number of aromatic amines is 1. The molecule has 0 bridgehead atoms. The summed E-state index contributed by atoms with van der Waals surface area (Å²) in [6, 6.07) is 25.5. The molecule has 4 aromatic rings. The molecule has 6 N–H and O–H groups in total. The van der Waals surface area contributed by atoms with Gasteiger partial charge in [-0.15, -0.1) is 0 Å². The van der Waals surface area contributed by atoms with E-state index in [4.69, 9.17) is 5.73 Å². The number of benzene rings is 3. The van der Waals surface area contributed by atoms with Crippen LogP contribution in [0.3, 0.4) is 0 Å². The number of amides is 3. The van der Waals surface area contributed by atoms with E-state index in [0.29, 0.717) is 19.3 Å². The van der Waals surface area contributed by atoms with Crippen LogP contribution in [0.4, 0.5) is 0 Å². The van der Waals surface area contributed by atoms with Crippen LogP contribution < -0.4 is 16.4 Å². The molecule has 9 nitrogen and oxygen atoms in total. The van der Waals surface area contributed by atoms with Crippen molar-refractivity contribution in [1.29, 1.82) is 0 Å². The number of hydrogen-bond acceptors (Lipinski definition) is 4. The standard InChI is InChI=1S/C33H39N4O5P/c1-23(38)36-31(19-25-13-6-3-7-14-25)43(41,42)22-26(16-10-15-24-11-4-2-5-12-24)33(40)37-30(32(34)39)20-27-21-35-29-18-9-8-17-28(27)29/h2-9,11-14,17-18,21,26,30-31,35H,10,15-16,19-20,22H2,1H3,(H2,34,39)(H,36,38)(H,37,40)(H,41,42)/t26?,30-,31?/m0/s1. The largest absolute Gasteiger partial charge is 0.368 e. The number of para-hydroxylation sites is 1. The Labute approximate surface area is 251 Å². The van der Waals surface area contributed by atoms with Crippen LogP contribution in [0.25, 0.3) is 10.9 Å². The van der Waals surface area contributed by atoms with Crippen LogP contribution in [0.15, 0.2) is 91.1 Å². The number of fused-ring (bicyclic) bond motifs is 1. The van der Waals surface area contributed by atoms with E-state index in [0.717, 1.165) is 27.6 Å². The van der Waals surface area contributed by atoms with Crippen molar-refractivity contribution in [2.45, 2.75) is 50.9 Å². The molecule has 226 valence electrons. The fourth-order valence-electron chi connectivity index (χ4n) is 5.34. The van der Waals surface area contributed by atoms with Crippen molar-refractivity contribution in [2.24, 2.45) is 11.7 Å². The first-order valence-electron chi connectivity index (χ1n) is 14.4. The molecule has 3 amide bonds. The third kappa shape index (κ3) is 9.14. The first-order valence-corrected chi connectivity index (χ1v) is 16.3. The maximum absolute atomic E-state index is 13.9. The van der Waals surface area contributed by atoms with Crippen molar-refractivity contribution in [3.8, 4) is 0 Å². The first-order chi connectivity index (χ1) is 20.6. The van der Waals surface area contributed by atoms with Gasteiger partial charge in [0.1, 0.15) is 11.8 Å². The summed E-state index contributed by atoms with van der Waals surface area (Å²) in [7, 11) is -4.11. The second kappa shape index (κ2) is 14.8. The molecule has 0 spiro atoms. The van der Waals surface area contributed by atoms with Crippen LogP contribution in [0.1, 0.15) is 36.5 Å². The van der Waals surface area contributed by atoms with Gasteiger partial charge in [0.25, 0.3) is 0 Å². The van der Waals surface area contributed by atoms with E-state index in [1.807, 2.05) is 84.9 Å². The highest BCUT2D eigenvalue weighted by Crippen LogP contribution is 2.48. The molecule has 0 aliphatic carbocycles.